The summed E-state index contributed by atoms with van der Waals surface area (Å²) >= 11 is 0. The van der Waals surface area contributed by atoms with Crippen LogP contribution in [-0.4, -0.2) is 21.5 Å². The monoisotopic (exact) mass is 279 g/mol. The summed E-state index contributed by atoms with van der Waals surface area (Å²) in [4.78, 5) is 9.36. The van der Waals surface area contributed by atoms with E-state index in [1.54, 1.807) is 7.11 Å². The third kappa shape index (κ3) is 1.75. The lowest BCUT2D eigenvalue weighted by atomic mass is 9.92. The summed E-state index contributed by atoms with van der Waals surface area (Å²) < 4.78 is 7.51. The number of hydrogen-bond acceptors (Lipinski definition) is 3. The second kappa shape index (κ2) is 4.32. The molecule has 0 fully saturated rings. The van der Waals surface area contributed by atoms with Crippen molar-refractivity contribution in [1.29, 1.82) is 0 Å². The molecule has 4 heteroatoms. The molecule has 0 radical (unpaired) electrons. The number of methoxy groups -OCH3 is 1. The molecule has 0 atom stereocenters. The Bertz CT molecular complexity index is 864. The van der Waals surface area contributed by atoms with Gasteiger partial charge in [0.15, 0.2) is 0 Å². The molecule has 21 heavy (non-hydrogen) atoms. The number of aryl methyl sites for hydroxylation is 4. The van der Waals surface area contributed by atoms with Crippen LogP contribution in [0.1, 0.15) is 22.6 Å². The van der Waals surface area contributed by atoms with Gasteiger partial charge in [-0.25, -0.2) is 9.97 Å². The second-order valence-corrected chi connectivity index (χ2v) is 5.60. The Balaban J connectivity index is 2.01. The van der Waals surface area contributed by atoms with Crippen molar-refractivity contribution in [1.82, 2.24) is 14.4 Å². The quantitative estimate of drug-likeness (QED) is 0.687. The molecule has 1 aliphatic rings. The highest BCUT2D eigenvalue weighted by atomic mass is 16.5. The molecular weight excluding hydrogens is 262 g/mol. The maximum absolute atomic E-state index is 5.32. The number of ether oxygens (including phenoxy) is 1. The van der Waals surface area contributed by atoms with Crippen molar-refractivity contribution >= 4 is 5.78 Å². The van der Waals surface area contributed by atoms with Gasteiger partial charge in [-0.15, -0.1) is 0 Å². The van der Waals surface area contributed by atoms with Crippen molar-refractivity contribution in [3.8, 4) is 17.0 Å². The van der Waals surface area contributed by atoms with Gasteiger partial charge in [-0.2, -0.15) is 0 Å². The second-order valence-electron chi connectivity index (χ2n) is 5.60. The van der Waals surface area contributed by atoms with E-state index in [0.717, 1.165) is 35.8 Å². The first kappa shape index (κ1) is 12.4. The third-order valence-corrected chi connectivity index (χ3v) is 4.20. The molecule has 0 unspecified atom stereocenters. The van der Waals surface area contributed by atoms with E-state index in [9.17, 15) is 0 Å². The van der Waals surface area contributed by atoms with Gasteiger partial charge >= 0.3 is 0 Å². The number of fused-ring (bicyclic) bond motifs is 5. The van der Waals surface area contributed by atoms with Crippen LogP contribution in [0.5, 0.6) is 5.75 Å². The van der Waals surface area contributed by atoms with Crippen LogP contribution >= 0.6 is 0 Å². The van der Waals surface area contributed by atoms with Gasteiger partial charge < -0.3 is 4.74 Å². The summed E-state index contributed by atoms with van der Waals surface area (Å²) in [6.45, 7) is 4.13. The standard InChI is InChI=1S/C17H17N3O/c1-10-8-11(2)20-15-7-4-12-9-13(21-3)5-6-14(12)16(15)19-17(20)18-10/h5-6,8-9H,4,7H2,1-3H3. The highest BCUT2D eigenvalue weighted by molar-refractivity contribution is 5.72. The lowest BCUT2D eigenvalue weighted by Gasteiger charge is -2.17. The highest BCUT2D eigenvalue weighted by Crippen LogP contribution is 2.35. The van der Waals surface area contributed by atoms with E-state index in [4.69, 9.17) is 9.72 Å². The minimum atomic E-state index is 0.807. The lowest BCUT2D eigenvalue weighted by molar-refractivity contribution is 0.414. The molecule has 1 aromatic carbocycles. The molecule has 2 heterocycles. The predicted octanol–water partition coefficient (Wildman–Crippen LogP) is 3.12. The number of rotatable bonds is 1. The molecule has 1 aliphatic carbocycles. The van der Waals surface area contributed by atoms with Crippen LogP contribution in [0.25, 0.3) is 17.0 Å². The van der Waals surface area contributed by atoms with E-state index in [1.807, 2.05) is 13.0 Å². The molecule has 0 bridgehead atoms. The molecule has 0 saturated carbocycles. The molecule has 0 amide bonds. The van der Waals surface area contributed by atoms with Gasteiger partial charge in [-0.05, 0) is 56.5 Å². The molecule has 0 saturated heterocycles. The normalized spacial score (nSPS) is 13.1. The summed E-state index contributed by atoms with van der Waals surface area (Å²) in [5.41, 5.74) is 7.06. The molecule has 3 aromatic rings. The van der Waals surface area contributed by atoms with E-state index in [0.29, 0.717) is 0 Å². The Hall–Kier alpha value is -2.36. The van der Waals surface area contributed by atoms with Crippen molar-refractivity contribution in [2.24, 2.45) is 0 Å². The van der Waals surface area contributed by atoms with Crippen LogP contribution < -0.4 is 4.74 Å². The molecular formula is C17H17N3O. The van der Waals surface area contributed by atoms with E-state index < -0.39 is 0 Å². The van der Waals surface area contributed by atoms with Crippen molar-refractivity contribution in [3.63, 3.8) is 0 Å². The molecule has 106 valence electrons. The van der Waals surface area contributed by atoms with Crippen molar-refractivity contribution in [2.75, 3.05) is 7.11 Å². The van der Waals surface area contributed by atoms with Crippen LogP contribution in [0.15, 0.2) is 24.3 Å². The van der Waals surface area contributed by atoms with E-state index in [-0.39, 0.29) is 0 Å². The zero-order valence-corrected chi connectivity index (χ0v) is 12.5. The Morgan fingerprint density at radius 1 is 1.10 bits per heavy atom. The van der Waals surface area contributed by atoms with Gasteiger partial charge in [0.1, 0.15) is 5.75 Å². The average molecular weight is 279 g/mol. The SMILES string of the molecule is COc1ccc2c(c1)CCc1c-2nc2nc(C)cc(C)n12. The van der Waals surface area contributed by atoms with Crippen molar-refractivity contribution in [3.05, 3.63) is 46.9 Å². The van der Waals surface area contributed by atoms with E-state index in [2.05, 4.69) is 34.5 Å². The van der Waals surface area contributed by atoms with Gasteiger partial charge in [0, 0.05) is 17.0 Å². The van der Waals surface area contributed by atoms with E-state index >= 15 is 0 Å². The highest BCUT2D eigenvalue weighted by Gasteiger charge is 2.23. The first-order valence-corrected chi connectivity index (χ1v) is 7.20. The Kier molecular flexibility index (Phi) is 2.55. The molecule has 0 spiro atoms. The minimum Gasteiger partial charge on any atom is -0.497 e. The predicted molar refractivity (Wildman–Crippen MR) is 81.9 cm³/mol. The maximum atomic E-state index is 5.32. The first-order valence-electron chi connectivity index (χ1n) is 7.20. The largest absolute Gasteiger partial charge is 0.497 e. The number of hydrogen-bond donors (Lipinski definition) is 0. The van der Waals surface area contributed by atoms with Crippen molar-refractivity contribution in [2.45, 2.75) is 26.7 Å². The minimum absolute atomic E-state index is 0.807. The molecule has 4 rings (SSSR count). The van der Waals surface area contributed by atoms with Gasteiger partial charge in [-0.1, -0.05) is 0 Å². The molecule has 0 N–H and O–H groups in total. The van der Waals surface area contributed by atoms with Crippen LogP contribution in [0.4, 0.5) is 0 Å². The Morgan fingerprint density at radius 3 is 2.76 bits per heavy atom. The van der Waals surface area contributed by atoms with Gasteiger partial charge in [0.2, 0.25) is 5.78 Å². The average Bonchev–Trinajstić information content (AvgIpc) is 2.85. The third-order valence-electron chi connectivity index (χ3n) is 4.20. The van der Waals surface area contributed by atoms with Crippen LogP contribution in [0, 0.1) is 13.8 Å². The lowest BCUT2D eigenvalue weighted by Crippen LogP contribution is -2.07. The fourth-order valence-electron chi connectivity index (χ4n) is 3.28. The summed E-state index contributed by atoms with van der Waals surface area (Å²) in [6, 6.07) is 8.34. The van der Waals surface area contributed by atoms with Crippen LogP contribution in [0.2, 0.25) is 0 Å². The summed E-state index contributed by atoms with van der Waals surface area (Å²) in [7, 11) is 1.71. The topological polar surface area (TPSA) is 39.4 Å². The van der Waals surface area contributed by atoms with Gasteiger partial charge in [-0.3, -0.25) is 4.40 Å². The Morgan fingerprint density at radius 2 is 1.95 bits per heavy atom. The molecule has 2 aromatic heterocycles. The fraction of sp³-hybridized carbons (Fsp3) is 0.294. The van der Waals surface area contributed by atoms with E-state index in [1.165, 1.54) is 22.5 Å². The molecule has 0 aliphatic heterocycles. The summed E-state index contributed by atoms with van der Waals surface area (Å²) in [6.07, 6.45) is 2.00. The summed E-state index contributed by atoms with van der Waals surface area (Å²) in [5.74, 6) is 1.72. The van der Waals surface area contributed by atoms with Crippen LogP contribution in [-0.2, 0) is 12.8 Å². The first-order chi connectivity index (χ1) is 10.2. The van der Waals surface area contributed by atoms with Crippen molar-refractivity contribution < 1.29 is 4.74 Å². The summed E-state index contributed by atoms with van der Waals surface area (Å²) in [5, 5.41) is 0. The van der Waals surface area contributed by atoms with Gasteiger partial charge in [0.25, 0.3) is 0 Å². The number of benzene rings is 1. The smallest absolute Gasteiger partial charge is 0.234 e. The van der Waals surface area contributed by atoms with Crippen LogP contribution in [0.3, 0.4) is 0 Å². The fourth-order valence-corrected chi connectivity index (χ4v) is 3.28. The number of aromatic nitrogens is 3. The molecule has 4 nitrogen and oxygen atoms in total. The number of nitrogens with zero attached hydrogens (tertiary/aromatic N) is 3. The number of imidazole rings is 1. The zero-order chi connectivity index (χ0) is 14.6. The Labute approximate surface area is 123 Å². The maximum Gasteiger partial charge on any atom is 0.234 e. The zero-order valence-electron chi connectivity index (χ0n) is 12.5. The van der Waals surface area contributed by atoms with Gasteiger partial charge in [0.05, 0.1) is 18.5 Å².